The predicted molar refractivity (Wildman–Crippen MR) is 98.3 cm³/mol. The van der Waals surface area contributed by atoms with E-state index in [0.717, 1.165) is 24.0 Å². The van der Waals surface area contributed by atoms with Gasteiger partial charge in [-0.05, 0) is 30.4 Å². The highest BCUT2D eigenvalue weighted by Crippen LogP contribution is 2.22. The molecule has 2 rings (SSSR count). The number of nitrogens with zero attached hydrogens (tertiary/aromatic N) is 1. The summed E-state index contributed by atoms with van der Waals surface area (Å²) in [6, 6.07) is 9.48. The largest absolute Gasteiger partial charge is 0.510 e. The topological polar surface area (TPSA) is 95.5 Å². The fourth-order valence-electron chi connectivity index (χ4n) is 2.43. The Kier molecular flexibility index (Phi) is 8.15. The van der Waals surface area contributed by atoms with Crippen LogP contribution in [0.25, 0.3) is 0 Å². The number of alkyl carbamates (subject to hydrolysis) is 1. The number of rotatable bonds is 9. The summed E-state index contributed by atoms with van der Waals surface area (Å²) in [5, 5.41) is 2.71. The second-order valence-electron chi connectivity index (χ2n) is 5.88. The Morgan fingerprint density at radius 1 is 1.26 bits per heavy atom. The first-order valence-corrected chi connectivity index (χ1v) is 8.64. The number of carbonyl (C=O) groups excluding carboxylic acids is 2. The van der Waals surface area contributed by atoms with Crippen molar-refractivity contribution in [3.05, 3.63) is 48.0 Å². The SMILES string of the molecule is C=C(CCCCNC(=O)OCc1ccccc1)C1OC=NC1OC(=O)OC. The monoisotopic (exact) mass is 376 g/mol. The zero-order valence-corrected chi connectivity index (χ0v) is 15.3. The minimum absolute atomic E-state index is 0.240. The second kappa shape index (κ2) is 10.8. The van der Waals surface area contributed by atoms with Crippen molar-refractivity contribution in [2.45, 2.75) is 38.2 Å². The van der Waals surface area contributed by atoms with Gasteiger partial charge in [0.2, 0.25) is 6.23 Å². The normalized spacial score (nSPS) is 17.7. The molecule has 1 aromatic carbocycles. The van der Waals surface area contributed by atoms with Gasteiger partial charge in [0.1, 0.15) is 6.61 Å². The average molecular weight is 376 g/mol. The minimum atomic E-state index is -0.821. The highest BCUT2D eigenvalue weighted by atomic mass is 16.7. The van der Waals surface area contributed by atoms with Crippen molar-refractivity contribution in [3.8, 4) is 0 Å². The van der Waals surface area contributed by atoms with E-state index in [1.54, 1.807) is 0 Å². The van der Waals surface area contributed by atoms with Gasteiger partial charge in [-0.2, -0.15) is 0 Å². The molecule has 0 aliphatic carbocycles. The van der Waals surface area contributed by atoms with E-state index < -0.39 is 24.6 Å². The molecule has 2 atom stereocenters. The van der Waals surface area contributed by atoms with Gasteiger partial charge in [0.15, 0.2) is 12.5 Å². The first-order chi connectivity index (χ1) is 13.1. The first-order valence-electron chi connectivity index (χ1n) is 8.64. The number of hydrogen-bond donors (Lipinski definition) is 1. The molecule has 0 saturated heterocycles. The molecule has 146 valence electrons. The first kappa shape index (κ1) is 20.3. The van der Waals surface area contributed by atoms with Crippen molar-refractivity contribution in [1.82, 2.24) is 5.32 Å². The fourth-order valence-corrected chi connectivity index (χ4v) is 2.43. The smallest absolute Gasteiger partial charge is 0.470 e. The Bertz CT molecular complexity index is 661. The van der Waals surface area contributed by atoms with E-state index in [0.29, 0.717) is 13.0 Å². The van der Waals surface area contributed by atoms with Crippen LogP contribution in [0.2, 0.25) is 0 Å². The van der Waals surface area contributed by atoms with E-state index in [4.69, 9.17) is 14.2 Å². The molecule has 2 unspecified atom stereocenters. The average Bonchev–Trinajstić information content (AvgIpc) is 3.14. The van der Waals surface area contributed by atoms with Crippen LogP contribution < -0.4 is 5.32 Å². The summed E-state index contributed by atoms with van der Waals surface area (Å²) in [5.74, 6) is 0. The van der Waals surface area contributed by atoms with Gasteiger partial charge < -0.3 is 24.3 Å². The number of amides is 1. The molecular formula is C19H24N2O6. The lowest BCUT2D eigenvalue weighted by Gasteiger charge is -2.19. The summed E-state index contributed by atoms with van der Waals surface area (Å²) in [7, 11) is 1.23. The van der Waals surface area contributed by atoms with E-state index in [9.17, 15) is 9.59 Å². The molecule has 8 heteroatoms. The van der Waals surface area contributed by atoms with Crippen molar-refractivity contribution in [2.75, 3.05) is 13.7 Å². The van der Waals surface area contributed by atoms with E-state index in [2.05, 4.69) is 21.6 Å². The Hall–Kier alpha value is -3.03. The molecule has 1 amide bonds. The van der Waals surface area contributed by atoms with Gasteiger partial charge in [-0.1, -0.05) is 36.9 Å². The summed E-state index contributed by atoms with van der Waals surface area (Å²) in [6.45, 7) is 4.70. The third-order valence-corrected chi connectivity index (χ3v) is 3.87. The Morgan fingerprint density at radius 3 is 2.78 bits per heavy atom. The molecule has 0 saturated carbocycles. The number of nitrogens with one attached hydrogen (secondary N) is 1. The summed E-state index contributed by atoms with van der Waals surface area (Å²) < 4.78 is 19.9. The summed E-state index contributed by atoms with van der Waals surface area (Å²) >= 11 is 0. The molecule has 8 nitrogen and oxygen atoms in total. The van der Waals surface area contributed by atoms with Crippen LogP contribution >= 0.6 is 0 Å². The van der Waals surface area contributed by atoms with Crippen molar-refractivity contribution in [3.63, 3.8) is 0 Å². The molecule has 1 N–H and O–H groups in total. The number of aliphatic imine (C=N–C) groups is 1. The Morgan fingerprint density at radius 2 is 2.04 bits per heavy atom. The van der Waals surface area contributed by atoms with E-state index >= 15 is 0 Å². The van der Waals surface area contributed by atoms with Crippen LogP contribution in [0.4, 0.5) is 9.59 Å². The summed E-state index contributed by atoms with van der Waals surface area (Å²) in [4.78, 5) is 26.8. The van der Waals surface area contributed by atoms with Crippen molar-refractivity contribution in [1.29, 1.82) is 0 Å². The maximum Gasteiger partial charge on any atom is 0.510 e. The minimum Gasteiger partial charge on any atom is -0.470 e. The van der Waals surface area contributed by atoms with Gasteiger partial charge in [-0.25, -0.2) is 14.6 Å². The van der Waals surface area contributed by atoms with Crippen LogP contribution in [0, 0.1) is 0 Å². The van der Waals surface area contributed by atoms with E-state index in [-0.39, 0.29) is 6.61 Å². The Labute approximate surface area is 158 Å². The summed E-state index contributed by atoms with van der Waals surface area (Å²) in [6.07, 6.45) is 0.848. The number of hydrogen-bond acceptors (Lipinski definition) is 7. The summed E-state index contributed by atoms with van der Waals surface area (Å²) in [5.41, 5.74) is 1.69. The fraction of sp³-hybridized carbons (Fsp3) is 0.421. The number of methoxy groups -OCH3 is 1. The molecule has 0 fully saturated rings. The van der Waals surface area contributed by atoms with E-state index in [1.807, 2.05) is 30.3 Å². The van der Waals surface area contributed by atoms with Gasteiger partial charge >= 0.3 is 12.2 Å². The Balaban J connectivity index is 1.57. The molecular weight excluding hydrogens is 352 g/mol. The number of ether oxygens (including phenoxy) is 4. The van der Waals surface area contributed by atoms with Crippen molar-refractivity contribution < 1.29 is 28.5 Å². The standard InChI is InChI=1S/C19H24N2O6/c1-14(16-17(21-13-26-16)27-19(23)24-2)8-6-7-11-20-18(22)25-12-15-9-4-3-5-10-15/h3-5,9-10,13,16-17H,1,6-8,11-12H2,2H3,(H,20,22). The molecule has 27 heavy (non-hydrogen) atoms. The number of benzene rings is 1. The zero-order valence-electron chi connectivity index (χ0n) is 15.3. The predicted octanol–water partition coefficient (Wildman–Crippen LogP) is 3.18. The molecule has 1 aliphatic rings. The van der Waals surface area contributed by atoms with Gasteiger partial charge in [-0.3, -0.25) is 0 Å². The second-order valence-corrected chi connectivity index (χ2v) is 5.88. The third kappa shape index (κ3) is 7.01. The molecule has 0 radical (unpaired) electrons. The van der Waals surface area contributed by atoms with Crippen LogP contribution in [-0.2, 0) is 25.6 Å². The maximum atomic E-state index is 11.6. The number of carbonyl (C=O) groups is 2. The molecule has 1 aliphatic heterocycles. The lowest BCUT2D eigenvalue weighted by Crippen LogP contribution is -2.29. The quantitative estimate of drug-likeness (QED) is 0.404. The third-order valence-electron chi connectivity index (χ3n) is 3.87. The van der Waals surface area contributed by atoms with Crippen LogP contribution in [0.3, 0.4) is 0 Å². The van der Waals surface area contributed by atoms with Gasteiger partial charge in [0, 0.05) is 6.54 Å². The zero-order chi connectivity index (χ0) is 19.5. The molecule has 0 bridgehead atoms. The van der Waals surface area contributed by atoms with Gasteiger partial charge in [0.25, 0.3) is 0 Å². The highest BCUT2D eigenvalue weighted by molar-refractivity contribution is 5.67. The maximum absolute atomic E-state index is 11.6. The van der Waals surface area contributed by atoms with Crippen LogP contribution in [0.5, 0.6) is 0 Å². The van der Waals surface area contributed by atoms with Gasteiger partial charge in [0.05, 0.1) is 7.11 Å². The molecule has 1 aromatic rings. The van der Waals surface area contributed by atoms with Crippen molar-refractivity contribution in [2.24, 2.45) is 4.99 Å². The molecule has 0 aromatic heterocycles. The lowest BCUT2D eigenvalue weighted by atomic mass is 10.0. The van der Waals surface area contributed by atoms with Crippen LogP contribution in [0.15, 0.2) is 47.5 Å². The van der Waals surface area contributed by atoms with Gasteiger partial charge in [-0.15, -0.1) is 0 Å². The van der Waals surface area contributed by atoms with Crippen LogP contribution in [-0.4, -0.2) is 44.6 Å². The molecule has 0 spiro atoms. The van der Waals surface area contributed by atoms with E-state index in [1.165, 1.54) is 13.5 Å². The molecule has 1 heterocycles. The van der Waals surface area contributed by atoms with Crippen molar-refractivity contribution >= 4 is 18.6 Å². The highest BCUT2D eigenvalue weighted by Gasteiger charge is 2.32. The number of unbranched alkanes of at least 4 members (excludes halogenated alkanes) is 1. The van der Waals surface area contributed by atoms with Crippen LogP contribution in [0.1, 0.15) is 24.8 Å². The lowest BCUT2D eigenvalue weighted by molar-refractivity contribution is 0.0111.